The number of rotatable bonds is 8. The third kappa shape index (κ3) is 6.96. The van der Waals surface area contributed by atoms with Gasteiger partial charge in [-0.3, -0.25) is 4.99 Å². The van der Waals surface area contributed by atoms with Gasteiger partial charge in [-0.1, -0.05) is 25.1 Å². The molecule has 0 aliphatic heterocycles. The SMILES string of the molecule is CCCCN=C(N)SCCOc1ccc(OC)cc1. The average Bonchev–Trinajstić information content (AvgIpc) is 2.44. The first kappa shape index (κ1) is 15.7. The van der Waals surface area contributed by atoms with Gasteiger partial charge >= 0.3 is 0 Å². The zero-order chi connectivity index (χ0) is 13.9. The second-order valence-electron chi connectivity index (χ2n) is 3.95. The topological polar surface area (TPSA) is 56.8 Å². The van der Waals surface area contributed by atoms with Crippen molar-refractivity contribution in [2.45, 2.75) is 19.8 Å². The summed E-state index contributed by atoms with van der Waals surface area (Å²) in [4.78, 5) is 4.27. The van der Waals surface area contributed by atoms with Crippen molar-refractivity contribution >= 4 is 16.9 Å². The molecule has 106 valence electrons. The summed E-state index contributed by atoms with van der Waals surface area (Å²) < 4.78 is 10.7. The summed E-state index contributed by atoms with van der Waals surface area (Å²) in [5.74, 6) is 2.46. The Kier molecular flexibility index (Phi) is 7.89. The summed E-state index contributed by atoms with van der Waals surface area (Å²) in [7, 11) is 1.65. The number of methoxy groups -OCH3 is 1. The van der Waals surface area contributed by atoms with Gasteiger partial charge in [-0.05, 0) is 30.7 Å². The third-order valence-corrected chi connectivity index (χ3v) is 3.24. The van der Waals surface area contributed by atoms with Crippen molar-refractivity contribution in [3.05, 3.63) is 24.3 Å². The van der Waals surface area contributed by atoms with Gasteiger partial charge in [0.25, 0.3) is 0 Å². The van der Waals surface area contributed by atoms with Crippen LogP contribution in [0.25, 0.3) is 0 Å². The van der Waals surface area contributed by atoms with E-state index in [1.165, 1.54) is 11.8 Å². The van der Waals surface area contributed by atoms with Gasteiger partial charge in [-0.2, -0.15) is 0 Å². The van der Waals surface area contributed by atoms with Gasteiger partial charge in [0, 0.05) is 12.3 Å². The number of unbranched alkanes of at least 4 members (excludes halogenated alkanes) is 1. The van der Waals surface area contributed by atoms with Crippen molar-refractivity contribution < 1.29 is 9.47 Å². The maximum Gasteiger partial charge on any atom is 0.154 e. The number of nitrogens with zero attached hydrogens (tertiary/aromatic N) is 1. The zero-order valence-corrected chi connectivity index (χ0v) is 12.4. The largest absolute Gasteiger partial charge is 0.497 e. The Labute approximate surface area is 119 Å². The molecule has 0 aliphatic carbocycles. The number of ether oxygens (including phenoxy) is 2. The van der Waals surface area contributed by atoms with Crippen LogP contribution < -0.4 is 15.2 Å². The number of nitrogens with two attached hydrogens (primary N) is 1. The molecule has 0 aliphatic rings. The van der Waals surface area contributed by atoms with E-state index in [-0.39, 0.29) is 0 Å². The average molecular weight is 282 g/mol. The van der Waals surface area contributed by atoms with Gasteiger partial charge in [0.2, 0.25) is 0 Å². The molecule has 0 heterocycles. The van der Waals surface area contributed by atoms with Crippen LogP contribution in [0.4, 0.5) is 0 Å². The van der Waals surface area contributed by atoms with Crippen LogP contribution >= 0.6 is 11.8 Å². The Bertz CT molecular complexity index is 380. The van der Waals surface area contributed by atoms with E-state index >= 15 is 0 Å². The summed E-state index contributed by atoms with van der Waals surface area (Å²) in [5.41, 5.74) is 5.77. The smallest absolute Gasteiger partial charge is 0.154 e. The van der Waals surface area contributed by atoms with E-state index in [9.17, 15) is 0 Å². The minimum Gasteiger partial charge on any atom is -0.497 e. The first-order valence-corrected chi connectivity index (χ1v) is 7.44. The molecule has 1 aromatic carbocycles. The van der Waals surface area contributed by atoms with E-state index in [1.54, 1.807) is 7.11 Å². The quantitative estimate of drug-likeness (QED) is 0.452. The molecule has 1 rings (SSSR count). The van der Waals surface area contributed by atoms with Crippen molar-refractivity contribution in [2.75, 3.05) is 26.0 Å². The lowest BCUT2D eigenvalue weighted by Crippen LogP contribution is -2.11. The van der Waals surface area contributed by atoms with E-state index in [4.69, 9.17) is 15.2 Å². The van der Waals surface area contributed by atoms with Crippen LogP contribution in [0.2, 0.25) is 0 Å². The molecule has 19 heavy (non-hydrogen) atoms. The molecule has 0 fully saturated rings. The highest BCUT2D eigenvalue weighted by Crippen LogP contribution is 2.17. The molecule has 4 nitrogen and oxygen atoms in total. The minimum atomic E-state index is 0.612. The van der Waals surface area contributed by atoms with E-state index in [0.29, 0.717) is 11.8 Å². The van der Waals surface area contributed by atoms with Crippen molar-refractivity contribution in [3.8, 4) is 11.5 Å². The Hall–Kier alpha value is -1.36. The van der Waals surface area contributed by atoms with Gasteiger partial charge in [-0.15, -0.1) is 0 Å². The number of aliphatic imine (C=N–C) groups is 1. The van der Waals surface area contributed by atoms with Crippen LogP contribution in [0, 0.1) is 0 Å². The predicted molar refractivity (Wildman–Crippen MR) is 82.3 cm³/mol. The van der Waals surface area contributed by atoms with Crippen molar-refractivity contribution in [2.24, 2.45) is 10.7 Å². The molecule has 0 saturated heterocycles. The van der Waals surface area contributed by atoms with Gasteiger partial charge in [-0.25, -0.2) is 0 Å². The number of hydrogen-bond donors (Lipinski definition) is 1. The molecular formula is C14H22N2O2S. The summed E-state index contributed by atoms with van der Waals surface area (Å²) in [6.45, 7) is 3.57. The molecule has 1 aromatic rings. The molecule has 0 spiro atoms. The third-order valence-electron chi connectivity index (χ3n) is 2.44. The molecule has 2 N–H and O–H groups in total. The van der Waals surface area contributed by atoms with E-state index in [1.807, 2.05) is 24.3 Å². The normalized spacial score (nSPS) is 11.4. The second kappa shape index (κ2) is 9.55. The first-order valence-electron chi connectivity index (χ1n) is 6.45. The summed E-state index contributed by atoms with van der Waals surface area (Å²) >= 11 is 1.53. The highest BCUT2D eigenvalue weighted by molar-refractivity contribution is 8.13. The number of hydrogen-bond acceptors (Lipinski definition) is 4. The molecule has 5 heteroatoms. The van der Waals surface area contributed by atoms with Crippen LogP contribution in [0.15, 0.2) is 29.3 Å². The Balaban J connectivity index is 2.17. The van der Waals surface area contributed by atoms with Crippen molar-refractivity contribution in [1.82, 2.24) is 0 Å². The van der Waals surface area contributed by atoms with Gasteiger partial charge < -0.3 is 15.2 Å². The van der Waals surface area contributed by atoms with Crippen LogP contribution in [-0.4, -0.2) is 31.2 Å². The molecule has 0 amide bonds. The molecule has 0 unspecified atom stereocenters. The van der Waals surface area contributed by atoms with Crippen LogP contribution in [0.5, 0.6) is 11.5 Å². The van der Waals surface area contributed by atoms with Crippen molar-refractivity contribution in [3.63, 3.8) is 0 Å². The molecule has 0 radical (unpaired) electrons. The van der Waals surface area contributed by atoms with Gasteiger partial charge in [0.05, 0.1) is 13.7 Å². The fourth-order valence-corrected chi connectivity index (χ4v) is 1.93. The fourth-order valence-electron chi connectivity index (χ4n) is 1.37. The Morgan fingerprint density at radius 1 is 1.26 bits per heavy atom. The monoisotopic (exact) mass is 282 g/mol. The fraction of sp³-hybridized carbons (Fsp3) is 0.500. The Morgan fingerprint density at radius 3 is 2.58 bits per heavy atom. The minimum absolute atomic E-state index is 0.612. The standard InChI is InChI=1S/C14H22N2O2S/c1-3-4-9-16-14(15)19-11-10-18-13-7-5-12(17-2)6-8-13/h5-8H,3-4,9-11H2,1-2H3,(H2,15,16). The molecule has 0 saturated carbocycles. The van der Waals surface area contributed by atoms with Crippen LogP contribution in [0.3, 0.4) is 0 Å². The molecule has 0 aromatic heterocycles. The lowest BCUT2D eigenvalue weighted by molar-refractivity contribution is 0.343. The van der Waals surface area contributed by atoms with Crippen LogP contribution in [0.1, 0.15) is 19.8 Å². The van der Waals surface area contributed by atoms with Gasteiger partial charge in [0.15, 0.2) is 5.17 Å². The maximum absolute atomic E-state index is 5.77. The lowest BCUT2D eigenvalue weighted by atomic mass is 10.3. The first-order chi connectivity index (χ1) is 9.26. The lowest BCUT2D eigenvalue weighted by Gasteiger charge is -2.06. The summed E-state index contributed by atoms with van der Waals surface area (Å²) in [5, 5.41) is 0.645. The van der Waals surface area contributed by atoms with E-state index < -0.39 is 0 Å². The van der Waals surface area contributed by atoms with E-state index in [0.717, 1.165) is 36.6 Å². The second-order valence-corrected chi connectivity index (χ2v) is 5.06. The summed E-state index contributed by atoms with van der Waals surface area (Å²) in [6.07, 6.45) is 2.23. The molecule has 0 bridgehead atoms. The number of benzene rings is 1. The van der Waals surface area contributed by atoms with E-state index in [2.05, 4.69) is 11.9 Å². The molecular weight excluding hydrogens is 260 g/mol. The number of amidine groups is 1. The van der Waals surface area contributed by atoms with Gasteiger partial charge in [0.1, 0.15) is 11.5 Å². The van der Waals surface area contributed by atoms with Crippen LogP contribution in [-0.2, 0) is 0 Å². The predicted octanol–water partition coefficient (Wildman–Crippen LogP) is 2.92. The maximum atomic E-state index is 5.77. The zero-order valence-electron chi connectivity index (χ0n) is 11.6. The number of thioether (sulfide) groups is 1. The highest BCUT2D eigenvalue weighted by atomic mass is 32.2. The summed E-state index contributed by atoms with van der Waals surface area (Å²) in [6, 6.07) is 7.54. The van der Waals surface area contributed by atoms with Crippen molar-refractivity contribution in [1.29, 1.82) is 0 Å². The Morgan fingerprint density at radius 2 is 1.95 bits per heavy atom. The molecule has 0 atom stereocenters. The highest BCUT2D eigenvalue weighted by Gasteiger charge is 1.97.